The molecule has 0 radical (unpaired) electrons. The number of amides is 2. The van der Waals surface area contributed by atoms with Gasteiger partial charge in [-0.1, -0.05) is 48.5 Å². The van der Waals surface area contributed by atoms with Crippen molar-refractivity contribution >= 4 is 29.5 Å². The highest BCUT2D eigenvalue weighted by Gasteiger charge is 2.58. The van der Waals surface area contributed by atoms with Crippen LogP contribution in [0, 0.1) is 0 Å². The number of ether oxygens (including phenoxy) is 2. The summed E-state index contributed by atoms with van der Waals surface area (Å²) in [7, 11) is 0. The summed E-state index contributed by atoms with van der Waals surface area (Å²) in [6, 6.07) is 16.2. The van der Waals surface area contributed by atoms with E-state index < -0.39 is 41.3 Å². The summed E-state index contributed by atoms with van der Waals surface area (Å²) in [5, 5.41) is 12.6. The molecular formula is C22H22N2O6S. The first kappa shape index (κ1) is 21.2. The molecule has 162 valence electrons. The largest absolute Gasteiger partial charge is 0.484 e. The maximum Gasteiger partial charge on any atom is 0.331 e. The number of benzene rings is 2. The number of carbonyl (C=O) groups is 3. The third-order valence-corrected chi connectivity index (χ3v) is 6.45. The number of rotatable bonds is 7. The number of esters is 1. The molecule has 2 N–H and O–H groups in total. The minimum Gasteiger partial charge on any atom is -0.484 e. The van der Waals surface area contributed by atoms with Crippen molar-refractivity contribution in [3.05, 3.63) is 66.2 Å². The number of hydrogen-bond acceptors (Lipinski definition) is 7. The first-order valence-electron chi connectivity index (χ1n) is 9.84. The Labute approximate surface area is 183 Å². The predicted octanol–water partition coefficient (Wildman–Crippen LogP) is 0.938. The van der Waals surface area contributed by atoms with Gasteiger partial charge in [0.1, 0.15) is 23.8 Å². The van der Waals surface area contributed by atoms with Gasteiger partial charge in [-0.2, -0.15) is 0 Å². The average Bonchev–Trinajstić information content (AvgIpc) is 2.80. The first-order chi connectivity index (χ1) is 15.0. The predicted molar refractivity (Wildman–Crippen MR) is 113 cm³/mol. The van der Waals surface area contributed by atoms with Gasteiger partial charge in [0.25, 0.3) is 5.91 Å². The van der Waals surface area contributed by atoms with Gasteiger partial charge in [-0.05, 0) is 17.7 Å². The Morgan fingerprint density at radius 3 is 2.48 bits per heavy atom. The molecule has 2 fully saturated rings. The summed E-state index contributed by atoms with van der Waals surface area (Å²) in [4.78, 5) is 38.8. The van der Waals surface area contributed by atoms with Crippen LogP contribution < -0.4 is 10.1 Å². The molecule has 9 heteroatoms. The number of hydrogen-bond donors (Lipinski definition) is 2. The molecule has 2 aliphatic rings. The van der Waals surface area contributed by atoms with Crippen LogP contribution >= 0.6 is 11.8 Å². The van der Waals surface area contributed by atoms with E-state index in [9.17, 15) is 19.5 Å². The van der Waals surface area contributed by atoms with Crippen LogP contribution in [0.15, 0.2) is 60.7 Å². The molecule has 2 aromatic carbocycles. The Bertz CT molecular complexity index is 942. The van der Waals surface area contributed by atoms with Crippen LogP contribution in [0.4, 0.5) is 0 Å². The van der Waals surface area contributed by atoms with Crippen LogP contribution in [0.25, 0.3) is 0 Å². The molecule has 8 nitrogen and oxygen atoms in total. The molecule has 2 heterocycles. The van der Waals surface area contributed by atoms with Gasteiger partial charge >= 0.3 is 5.97 Å². The van der Waals surface area contributed by atoms with Crippen LogP contribution in [0.2, 0.25) is 0 Å². The minimum absolute atomic E-state index is 0.0553. The summed E-state index contributed by atoms with van der Waals surface area (Å²) in [5.41, 5.74) is 0.811. The average molecular weight is 442 g/mol. The van der Waals surface area contributed by atoms with Crippen LogP contribution in [0.3, 0.4) is 0 Å². The number of aliphatic hydroxyl groups is 1. The lowest BCUT2D eigenvalue weighted by atomic mass is 9.99. The van der Waals surface area contributed by atoms with Crippen molar-refractivity contribution in [2.45, 2.75) is 30.2 Å². The summed E-state index contributed by atoms with van der Waals surface area (Å²) >= 11 is 1.32. The van der Waals surface area contributed by atoms with Crippen molar-refractivity contribution in [1.82, 2.24) is 10.2 Å². The van der Waals surface area contributed by atoms with E-state index in [2.05, 4.69) is 5.32 Å². The monoisotopic (exact) mass is 442 g/mol. The van der Waals surface area contributed by atoms with Crippen LogP contribution in [0.5, 0.6) is 5.75 Å². The van der Waals surface area contributed by atoms with E-state index in [4.69, 9.17) is 9.47 Å². The van der Waals surface area contributed by atoms with E-state index in [1.54, 1.807) is 24.3 Å². The normalized spacial score (nSPS) is 24.5. The zero-order valence-electron chi connectivity index (χ0n) is 16.5. The number of carbonyl (C=O) groups excluding carboxylic acids is 3. The van der Waals surface area contributed by atoms with E-state index in [1.165, 1.54) is 16.7 Å². The van der Waals surface area contributed by atoms with E-state index >= 15 is 0 Å². The summed E-state index contributed by atoms with van der Waals surface area (Å²) in [5.74, 6) is -0.711. The molecule has 4 rings (SSSR count). The van der Waals surface area contributed by atoms with Gasteiger partial charge in [0.05, 0.1) is 6.10 Å². The Kier molecular flexibility index (Phi) is 6.43. The molecule has 2 amide bonds. The summed E-state index contributed by atoms with van der Waals surface area (Å²) in [6.07, 6.45) is -1.04. The molecule has 0 spiro atoms. The molecule has 0 saturated carbocycles. The van der Waals surface area contributed by atoms with Crippen molar-refractivity contribution in [3.8, 4) is 5.75 Å². The lowest BCUT2D eigenvalue weighted by molar-refractivity contribution is -0.172. The highest BCUT2D eigenvalue weighted by atomic mass is 32.2. The van der Waals surface area contributed by atoms with Gasteiger partial charge in [0.2, 0.25) is 5.91 Å². The van der Waals surface area contributed by atoms with E-state index in [-0.39, 0.29) is 19.0 Å². The molecule has 2 aromatic rings. The molecule has 0 bridgehead atoms. The Morgan fingerprint density at radius 1 is 1.10 bits per heavy atom. The lowest BCUT2D eigenvalue weighted by Crippen LogP contribution is -2.77. The SMILES string of the molecule is O=C(COc1ccccc1)N[C@@H]1C(=O)N2C(C(=O)OCc3ccccc3)C(O)CS[C@@H]12. The topological polar surface area (TPSA) is 105 Å². The number of aliphatic hydroxyl groups excluding tert-OH is 1. The zero-order valence-corrected chi connectivity index (χ0v) is 17.4. The number of nitrogens with zero attached hydrogens (tertiary/aromatic N) is 1. The van der Waals surface area contributed by atoms with E-state index in [1.807, 2.05) is 36.4 Å². The van der Waals surface area contributed by atoms with Gasteiger partial charge < -0.3 is 24.8 Å². The lowest BCUT2D eigenvalue weighted by Gasteiger charge is -2.53. The molecular weight excluding hydrogens is 420 g/mol. The van der Waals surface area contributed by atoms with Crippen LogP contribution in [0.1, 0.15) is 5.56 Å². The Balaban J connectivity index is 1.33. The maximum atomic E-state index is 12.7. The third-order valence-electron chi connectivity index (χ3n) is 5.08. The number of nitrogens with one attached hydrogen (secondary N) is 1. The number of thioether (sulfide) groups is 1. The second-order valence-electron chi connectivity index (χ2n) is 7.22. The molecule has 2 saturated heterocycles. The van der Waals surface area contributed by atoms with Crippen molar-refractivity contribution in [3.63, 3.8) is 0 Å². The minimum atomic E-state index is -1.09. The molecule has 2 aliphatic heterocycles. The van der Waals surface area contributed by atoms with Gasteiger partial charge in [-0.25, -0.2) is 4.79 Å². The Morgan fingerprint density at radius 2 is 1.77 bits per heavy atom. The van der Waals surface area contributed by atoms with E-state index in [0.29, 0.717) is 5.75 Å². The fourth-order valence-corrected chi connectivity index (χ4v) is 4.88. The summed E-state index contributed by atoms with van der Waals surface area (Å²) in [6.45, 7) is -0.171. The molecule has 31 heavy (non-hydrogen) atoms. The van der Waals surface area contributed by atoms with Crippen molar-refractivity contribution in [2.24, 2.45) is 0 Å². The molecule has 0 aromatic heterocycles. The van der Waals surface area contributed by atoms with E-state index in [0.717, 1.165) is 5.56 Å². The smallest absolute Gasteiger partial charge is 0.331 e. The third kappa shape index (κ3) is 4.67. The fourth-order valence-electron chi connectivity index (χ4n) is 3.53. The molecule has 4 atom stereocenters. The maximum absolute atomic E-state index is 12.7. The summed E-state index contributed by atoms with van der Waals surface area (Å²) < 4.78 is 10.7. The highest BCUT2D eigenvalue weighted by Crippen LogP contribution is 2.38. The number of fused-ring (bicyclic) bond motifs is 1. The molecule has 2 unspecified atom stereocenters. The van der Waals surface area contributed by atoms with Crippen LogP contribution in [-0.4, -0.2) is 63.7 Å². The highest BCUT2D eigenvalue weighted by molar-refractivity contribution is 8.00. The van der Waals surface area contributed by atoms with Gasteiger partial charge in [0.15, 0.2) is 12.6 Å². The quantitative estimate of drug-likeness (QED) is 0.486. The van der Waals surface area contributed by atoms with Gasteiger partial charge in [-0.15, -0.1) is 11.8 Å². The van der Waals surface area contributed by atoms with Crippen molar-refractivity contribution in [1.29, 1.82) is 0 Å². The van der Waals surface area contributed by atoms with Crippen molar-refractivity contribution in [2.75, 3.05) is 12.4 Å². The standard InChI is InChI=1S/C22H22N2O6S/c25-16-13-31-21-18(23-17(26)12-29-15-9-5-2-6-10-15)20(27)24(21)19(16)22(28)30-11-14-7-3-1-4-8-14/h1-10,16,18-19,21,25H,11-13H2,(H,23,26)/t16?,18-,19?,21+/m1/s1. The molecule has 0 aliphatic carbocycles. The first-order valence-corrected chi connectivity index (χ1v) is 10.9. The van der Waals surface area contributed by atoms with Gasteiger partial charge in [0, 0.05) is 5.75 Å². The Hall–Kier alpha value is -3.04. The van der Waals surface area contributed by atoms with Crippen molar-refractivity contribution < 1.29 is 29.0 Å². The van der Waals surface area contributed by atoms with Crippen LogP contribution in [-0.2, 0) is 25.7 Å². The van der Waals surface area contributed by atoms with Gasteiger partial charge in [-0.3, -0.25) is 9.59 Å². The number of para-hydroxylation sites is 1. The zero-order chi connectivity index (χ0) is 21.8. The number of β-lactam (4-membered cyclic amide) rings is 1. The fraction of sp³-hybridized carbons (Fsp3) is 0.318. The second kappa shape index (κ2) is 9.40. The second-order valence-corrected chi connectivity index (χ2v) is 8.37.